The maximum Gasteiger partial charge on any atom is 0.0230 e. The van der Waals surface area contributed by atoms with Gasteiger partial charge in [0.05, 0.1) is 0 Å². The molecule has 0 aromatic heterocycles. The Morgan fingerprint density at radius 1 is 1.26 bits per heavy atom. The summed E-state index contributed by atoms with van der Waals surface area (Å²) in [6.45, 7) is 9.93. The molecule has 0 aliphatic carbocycles. The minimum atomic E-state index is 0.659. The van der Waals surface area contributed by atoms with Gasteiger partial charge in [0.15, 0.2) is 0 Å². The molecule has 0 radical (unpaired) electrons. The summed E-state index contributed by atoms with van der Waals surface area (Å²) >= 11 is 0. The fourth-order valence-electron chi connectivity index (χ4n) is 2.48. The standard InChI is InChI=1S/C17H30N2/c1-5-18-16(3)10-6-7-12-19(4)14-17-11-8-9-15(2)13-17/h8-9,11,13,16,18H,5-7,10,12,14H2,1-4H3. The zero-order chi connectivity index (χ0) is 14.1. The second kappa shape index (κ2) is 9.11. The number of nitrogens with zero attached hydrogens (tertiary/aromatic N) is 1. The highest BCUT2D eigenvalue weighted by atomic mass is 15.1. The van der Waals surface area contributed by atoms with Gasteiger partial charge < -0.3 is 10.2 Å². The third kappa shape index (κ3) is 7.34. The fourth-order valence-corrected chi connectivity index (χ4v) is 2.48. The van der Waals surface area contributed by atoms with Crippen molar-refractivity contribution >= 4 is 0 Å². The Kier molecular flexibility index (Phi) is 7.76. The van der Waals surface area contributed by atoms with Crippen LogP contribution in [0.2, 0.25) is 0 Å². The van der Waals surface area contributed by atoms with E-state index in [1.54, 1.807) is 0 Å². The molecule has 0 aliphatic heterocycles. The number of rotatable bonds is 9. The zero-order valence-electron chi connectivity index (χ0n) is 13.1. The molecule has 2 heteroatoms. The Labute approximate surface area is 119 Å². The van der Waals surface area contributed by atoms with Crippen molar-refractivity contribution in [2.24, 2.45) is 0 Å². The van der Waals surface area contributed by atoms with Gasteiger partial charge in [0, 0.05) is 12.6 Å². The second-order valence-corrected chi connectivity index (χ2v) is 5.68. The zero-order valence-corrected chi connectivity index (χ0v) is 13.1. The van der Waals surface area contributed by atoms with E-state index in [-0.39, 0.29) is 0 Å². The van der Waals surface area contributed by atoms with Crippen molar-refractivity contribution in [2.45, 2.75) is 52.6 Å². The van der Waals surface area contributed by atoms with Crippen LogP contribution in [0.4, 0.5) is 0 Å². The summed E-state index contributed by atoms with van der Waals surface area (Å²) in [5.41, 5.74) is 2.77. The summed E-state index contributed by atoms with van der Waals surface area (Å²) < 4.78 is 0. The number of hydrogen-bond donors (Lipinski definition) is 1. The molecule has 0 saturated carbocycles. The molecule has 0 amide bonds. The van der Waals surface area contributed by atoms with Crippen LogP contribution in [0.3, 0.4) is 0 Å². The van der Waals surface area contributed by atoms with E-state index in [9.17, 15) is 0 Å². The molecule has 1 unspecified atom stereocenters. The van der Waals surface area contributed by atoms with Crippen molar-refractivity contribution in [3.8, 4) is 0 Å². The van der Waals surface area contributed by atoms with Gasteiger partial charge in [-0.15, -0.1) is 0 Å². The van der Waals surface area contributed by atoms with E-state index in [1.807, 2.05) is 0 Å². The molecule has 19 heavy (non-hydrogen) atoms. The van der Waals surface area contributed by atoms with E-state index < -0.39 is 0 Å². The molecule has 1 rings (SSSR count). The van der Waals surface area contributed by atoms with Crippen LogP contribution in [-0.2, 0) is 6.54 Å². The summed E-state index contributed by atoms with van der Waals surface area (Å²) in [7, 11) is 2.22. The molecule has 1 atom stereocenters. The van der Waals surface area contributed by atoms with Gasteiger partial charge >= 0.3 is 0 Å². The van der Waals surface area contributed by atoms with Gasteiger partial charge in [0.2, 0.25) is 0 Å². The molecule has 108 valence electrons. The van der Waals surface area contributed by atoms with E-state index in [0.29, 0.717) is 6.04 Å². The van der Waals surface area contributed by atoms with E-state index >= 15 is 0 Å². The summed E-state index contributed by atoms with van der Waals surface area (Å²) in [4.78, 5) is 2.42. The fraction of sp³-hybridized carbons (Fsp3) is 0.647. The van der Waals surface area contributed by atoms with E-state index in [1.165, 1.54) is 36.9 Å². The van der Waals surface area contributed by atoms with Crippen molar-refractivity contribution in [2.75, 3.05) is 20.1 Å². The molecule has 0 spiro atoms. The first-order valence-electron chi connectivity index (χ1n) is 7.59. The lowest BCUT2D eigenvalue weighted by Crippen LogP contribution is -2.26. The molecule has 1 aromatic rings. The molecule has 0 bridgehead atoms. The molecule has 0 fully saturated rings. The molecular formula is C17H30N2. The van der Waals surface area contributed by atoms with Crippen molar-refractivity contribution < 1.29 is 0 Å². The number of unbranched alkanes of at least 4 members (excludes halogenated alkanes) is 1. The van der Waals surface area contributed by atoms with Crippen LogP contribution in [-0.4, -0.2) is 31.1 Å². The monoisotopic (exact) mass is 262 g/mol. The van der Waals surface area contributed by atoms with E-state index in [4.69, 9.17) is 0 Å². The molecule has 0 aliphatic rings. The van der Waals surface area contributed by atoms with Crippen LogP contribution >= 0.6 is 0 Å². The first-order valence-corrected chi connectivity index (χ1v) is 7.59. The van der Waals surface area contributed by atoms with E-state index in [2.05, 4.69) is 62.3 Å². The normalized spacial score (nSPS) is 12.9. The topological polar surface area (TPSA) is 15.3 Å². The third-order valence-corrected chi connectivity index (χ3v) is 3.51. The maximum atomic E-state index is 3.47. The summed E-state index contributed by atoms with van der Waals surface area (Å²) in [5, 5.41) is 3.47. The highest BCUT2D eigenvalue weighted by Gasteiger charge is 2.02. The number of benzene rings is 1. The minimum absolute atomic E-state index is 0.659. The van der Waals surface area contributed by atoms with E-state index in [0.717, 1.165) is 13.1 Å². The van der Waals surface area contributed by atoms with Crippen LogP contribution in [0.25, 0.3) is 0 Å². The first kappa shape index (κ1) is 16.2. The largest absolute Gasteiger partial charge is 0.315 e. The number of hydrogen-bond acceptors (Lipinski definition) is 2. The van der Waals surface area contributed by atoms with Crippen LogP contribution in [0.15, 0.2) is 24.3 Å². The smallest absolute Gasteiger partial charge is 0.0230 e. The van der Waals surface area contributed by atoms with Crippen molar-refractivity contribution in [1.29, 1.82) is 0 Å². The summed E-state index contributed by atoms with van der Waals surface area (Å²) in [5.74, 6) is 0. The Morgan fingerprint density at radius 3 is 2.74 bits per heavy atom. The Hall–Kier alpha value is -0.860. The van der Waals surface area contributed by atoms with Crippen LogP contribution in [0, 0.1) is 6.92 Å². The van der Waals surface area contributed by atoms with Crippen molar-refractivity contribution in [3.63, 3.8) is 0 Å². The molecule has 0 saturated heterocycles. The lowest BCUT2D eigenvalue weighted by atomic mass is 10.1. The highest BCUT2D eigenvalue weighted by molar-refractivity contribution is 5.21. The van der Waals surface area contributed by atoms with Crippen LogP contribution in [0.5, 0.6) is 0 Å². The van der Waals surface area contributed by atoms with Crippen LogP contribution in [0.1, 0.15) is 44.2 Å². The van der Waals surface area contributed by atoms with Gasteiger partial charge in [-0.25, -0.2) is 0 Å². The van der Waals surface area contributed by atoms with Gasteiger partial charge in [-0.05, 0) is 52.4 Å². The first-order chi connectivity index (χ1) is 9.11. The highest BCUT2D eigenvalue weighted by Crippen LogP contribution is 2.08. The van der Waals surface area contributed by atoms with Crippen molar-refractivity contribution in [1.82, 2.24) is 10.2 Å². The second-order valence-electron chi connectivity index (χ2n) is 5.68. The summed E-state index contributed by atoms with van der Waals surface area (Å²) in [6, 6.07) is 9.47. The van der Waals surface area contributed by atoms with Gasteiger partial charge in [-0.1, -0.05) is 43.2 Å². The van der Waals surface area contributed by atoms with Gasteiger partial charge in [0.1, 0.15) is 0 Å². The molecular weight excluding hydrogens is 232 g/mol. The Balaban J connectivity index is 2.16. The Morgan fingerprint density at radius 2 is 2.05 bits per heavy atom. The van der Waals surface area contributed by atoms with Gasteiger partial charge in [-0.3, -0.25) is 0 Å². The minimum Gasteiger partial charge on any atom is -0.315 e. The maximum absolute atomic E-state index is 3.47. The quantitative estimate of drug-likeness (QED) is 0.684. The SMILES string of the molecule is CCNC(C)CCCCN(C)Cc1cccc(C)c1. The number of aryl methyl sites for hydroxylation is 1. The average molecular weight is 262 g/mol. The molecule has 1 aromatic carbocycles. The van der Waals surface area contributed by atoms with Crippen molar-refractivity contribution in [3.05, 3.63) is 35.4 Å². The molecule has 1 N–H and O–H groups in total. The van der Waals surface area contributed by atoms with Crippen LogP contribution < -0.4 is 5.32 Å². The molecule has 0 heterocycles. The predicted octanol–water partition coefficient (Wildman–Crippen LogP) is 3.60. The predicted molar refractivity (Wildman–Crippen MR) is 84.5 cm³/mol. The lowest BCUT2D eigenvalue weighted by Gasteiger charge is -2.18. The summed E-state index contributed by atoms with van der Waals surface area (Å²) in [6.07, 6.45) is 3.89. The van der Waals surface area contributed by atoms with Gasteiger partial charge in [0.25, 0.3) is 0 Å². The lowest BCUT2D eigenvalue weighted by molar-refractivity contribution is 0.314. The average Bonchev–Trinajstić information content (AvgIpc) is 2.35. The third-order valence-electron chi connectivity index (χ3n) is 3.51. The van der Waals surface area contributed by atoms with Gasteiger partial charge in [-0.2, -0.15) is 0 Å². The molecule has 2 nitrogen and oxygen atoms in total. The Bertz CT molecular complexity index is 349. The number of nitrogens with one attached hydrogen (secondary N) is 1.